The van der Waals surface area contributed by atoms with Crippen LogP contribution in [0.5, 0.6) is 46.0 Å². The average molecular weight is 1150 g/mol. The molecule has 0 fully saturated rings. The lowest BCUT2D eigenvalue weighted by Gasteiger charge is -2.18. The van der Waals surface area contributed by atoms with E-state index < -0.39 is 0 Å². The maximum absolute atomic E-state index is 9.50. The smallest absolute Gasteiger partial charge is 0.231 e. The van der Waals surface area contributed by atoms with Gasteiger partial charge in [0, 0.05) is 104 Å². The van der Waals surface area contributed by atoms with Crippen molar-refractivity contribution in [3.63, 3.8) is 0 Å². The molecule has 0 amide bonds. The Morgan fingerprint density at radius 1 is 0.325 bits per heavy atom. The summed E-state index contributed by atoms with van der Waals surface area (Å²) in [7, 11) is 19.9. The van der Waals surface area contributed by atoms with Gasteiger partial charge in [-0.3, -0.25) is 0 Å². The van der Waals surface area contributed by atoms with Crippen molar-refractivity contribution in [3.8, 4) is 46.0 Å². The first-order valence-corrected chi connectivity index (χ1v) is 24.9. The maximum atomic E-state index is 9.50. The van der Waals surface area contributed by atoms with E-state index in [0.717, 1.165) is 22.3 Å². The highest BCUT2D eigenvalue weighted by molar-refractivity contribution is 5.49. The monoisotopic (exact) mass is 1150 g/mol. The summed E-state index contributed by atoms with van der Waals surface area (Å²) in [6.07, 6.45) is 0. The summed E-state index contributed by atoms with van der Waals surface area (Å²) in [5.74, 6) is 3.54. The number of nitrogens with two attached hydrogens (primary N) is 2. The summed E-state index contributed by atoms with van der Waals surface area (Å²) >= 11 is 0. The van der Waals surface area contributed by atoms with Gasteiger partial charge in [0.05, 0.1) is 0 Å². The van der Waals surface area contributed by atoms with Gasteiger partial charge in [0.25, 0.3) is 0 Å². The number of hydrogen-bond donors (Lipinski definition) is 15. The first-order valence-electron chi connectivity index (χ1n) is 24.9. The van der Waals surface area contributed by atoms with Crippen LogP contribution in [-0.4, -0.2) is 178 Å². The molecule has 4 heterocycles. The van der Waals surface area contributed by atoms with Crippen LogP contribution in [-0.2, 0) is 26.2 Å². The highest BCUT2D eigenvalue weighted by Crippen LogP contribution is 2.29. The highest BCUT2D eigenvalue weighted by Gasteiger charge is 2.14. The number of hydrogen-bond acceptors (Lipinski definition) is 32. The van der Waals surface area contributed by atoms with E-state index in [2.05, 4.69) is 86.4 Å². The number of nitrogens with zero attached hydrogens (tertiary/aromatic N) is 17. The van der Waals surface area contributed by atoms with Crippen molar-refractivity contribution in [2.24, 2.45) is 0 Å². The minimum Gasteiger partial charge on any atom is -0.504 e. The molecule has 0 aliphatic heterocycles. The largest absolute Gasteiger partial charge is 0.504 e. The molecule has 0 aliphatic rings. The van der Waals surface area contributed by atoms with E-state index in [4.69, 9.17) is 11.5 Å². The van der Waals surface area contributed by atoms with E-state index in [-0.39, 0.29) is 57.9 Å². The van der Waals surface area contributed by atoms with E-state index in [0.29, 0.717) is 85.7 Å². The molecule has 83 heavy (non-hydrogen) atoms. The SMILES string of the molecule is CN(C)c1nc(N)nc(NCc2ccc(O)c(O)c2)n1.CN(C)c1nc(NCc2ccc(O)c(O)c2)nc(N(C)C)n1.CNc1nc(N)nc(N(C)Cc2ccc(O)c(O)c2)n1.CNc1nc(NCc2ccc(O)c(O)c2)nc(N(C)C)n1. The molecule has 8 rings (SSSR count). The van der Waals surface area contributed by atoms with Crippen molar-refractivity contribution in [2.45, 2.75) is 26.2 Å². The molecule has 32 nitrogen and oxygen atoms in total. The number of anilines is 12. The first kappa shape index (κ1) is 62.8. The zero-order valence-electron chi connectivity index (χ0n) is 47.6. The predicted octanol–water partition coefficient (Wildman–Crippen LogP) is 3.12. The molecule has 0 atom stereocenters. The van der Waals surface area contributed by atoms with E-state index in [1.165, 1.54) is 48.5 Å². The minimum atomic E-state index is -0.173. The number of nitrogens with one attached hydrogen (secondary N) is 5. The van der Waals surface area contributed by atoms with Crippen molar-refractivity contribution in [1.29, 1.82) is 0 Å². The number of phenolic OH excluding ortho intramolecular Hbond substituents is 8. The Hall–Kier alpha value is -11.1. The lowest BCUT2D eigenvalue weighted by atomic mass is 10.2. The summed E-state index contributed by atoms with van der Waals surface area (Å²) in [5.41, 5.74) is 14.4. The summed E-state index contributed by atoms with van der Waals surface area (Å²) in [5, 5.41) is 89.7. The Bertz CT molecular complexity index is 3390. The van der Waals surface area contributed by atoms with Crippen LogP contribution in [0.15, 0.2) is 72.8 Å². The van der Waals surface area contributed by atoms with Crippen LogP contribution in [0.1, 0.15) is 22.3 Å². The topological polar surface area (TPSA) is 445 Å². The maximum Gasteiger partial charge on any atom is 0.231 e. The second kappa shape index (κ2) is 29.2. The van der Waals surface area contributed by atoms with Gasteiger partial charge in [0.15, 0.2) is 46.0 Å². The molecule has 17 N–H and O–H groups in total. The third-order valence-corrected chi connectivity index (χ3v) is 10.8. The molecule has 4 aromatic carbocycles. The molecular formula is C51H70N24O8. The molecule has 8 aromatic rings. The Morgan fingerprint density at radius 3 is 0.976 bits per heavy atom. The highest BCUT2D eigenvalue weighted by atomic mass is 16.3. The van der Waals surface area contributed by atoms with Crippen molar-refractivity contribution in [2.75, 3.05) is 140 Å². The Balaban J connectivity index is 0.000000203. The lowest BCUT2D eigenvalue weighted by molar-refractivity contribution is 0.403. The van der Waals surface area contributed by atoms with Crippen molar-refractivity contribution < 1.29 is 40.9 Å². The zero-order valence-corrected chi connectivity index (χ0v) is 47.6. The number of aromatic nitrogens is 12. The summed E-state index contributed by atoms with van der Waals surface area (Å²) in [4.78, 5) is 58.8. The summed E-state index contributed by atoms with van der Waals surface area (Å²) in [6.45, 7) is 1.65. The fourth-order valence-corrected chi connectivity index (χ4v) is 6.50. The number of phenols is 8. The fourth-order valence-electron chi connectivity index (χ4n) is 6.50. The molecule has 0 saturated heterocycles. The van der Waals surface area contributed by atoms with Crippen LogP contribution in [0.25, 0.3) is 0 Å². The second-order valence-corrected chi connectivity index (χ2v) is 18.5. The van der Waals surface area contributed by atoms with Crippen LogP contribution in [0.4, 0.5) is 71.4 Å². The van der Waals surface area contributed by atoms with E-state index in [1.54, 1.807) is 84.0 Å². The Kier molecular flexibility index (Phi) is 22.1. The van der Waals surface area contributed by atoms with Gasteiger partial charge in [0.1, 0.15) is 0 Å². The predicted molar refractivity (Wildman–Crippen MR) is 318 cm³/mol. The zero-order chi connectivity index (χ0) is 61.1. The molecule has 442 valence electrons. The quantitative estimate of drug-likeness (QED) is 0.0549. The molecule has 0 bridgehead atoms. The van der Waals surface area contributed by atoms with Gasteiger partial charge in [-0.2, -0.15) is 59.8 Å². The normalized spacial score (nSPS) is 10.3. The molecule has 4 aromatic heterocycles. The van der Waals surface area contributed by atoms with Crippen molar-refractivity contribution in [3.05, 3.63) is 95.1 Å². The van der Waals surface area contributed by atoms with Gasteiger partial charge in [-0.05, 0) is 70.8 Å². The molecule has 0 radical (unpaired) electrons. The second-order valence-electron chi connectivity index (χ2n) is 18.5. The third kappa shape index (κ3) is 19.4. The summed E-state index contributed by atoms with van der Waals surface area (Å²) < 4.78 is 0. The number of rotatable bonds is 18. The van der Waals surface area contributed by atoms with E-state index in [9.17, 15) is 40.9 Å². The van der Waals surface area contributed by atoms with Crippen LogP contribution in [0, 0.1) is 0 Å². The third-order valence-electron chi connectivity index (χ3n) is 10.8. The van der Waals surface area contributed by atoms with E-state index in [1.807, 2.05) is 42.3 Å². The van der Waals surface area contributed by atoms with Gasteiger partial charge in [-0.1, -0.05) is 24.3 Å². The van der Waals surface area contributed by atoms with Crippen molar-refractivity contribution in [1.82, 2.24) is 59.8 Å². The van der Waals surface area contributed by atoms with Gasteiger partial charge in [-0.15, -0.1) is 0 Å². The van der Waals surface area contributed by atoms with Gasteiger partial charge in [-0.25, -0.2) is 0 Å². The van der Waals surface area contributed by atoms with Crippen LogP contribution < -0.4 is 62.6 Å². The average Bonchev–Trinajstić information content (AvgIpc) is 3.52. The fraction of sp³-hybridized carbons (Fsp3) is 0.294. The first-order chi connectivity index (χ1) is 39.3. The van der Waals surface area contributed by atoms with Crippen LogP contribution in [0.3, 0.4) is 0 Å². The molecule has 0 unspecified atom stereocenters. The van der Waals surface area contributed by atoms with Crippen molar-refractivity contribution >= 4 is 71.4 Å². The molecule has 0 spiro atoms. The Morgan fingerprint density at radius 2 is 0.602 bits per heavy atom. The minimum absolute atomic E-state index is 0.125. The van der Waals surface area contributed by atoms with Crippen LogP contribution in [0.2, 0.25) is 0 Å². The molecular weight excluding hydrogens is 1080 g/mol. The van der Waals surface area contributed by atoms with Gasteiger partial charge >= 0.3 is 0 Å². The number of nitrogen functional groups attached to an aromatic ring is 2. The van der Waals surface area contributed by atoms with Crippen LogP contribution >= 0.6 is 0 Å². The number of aromatic hydroxyl groups is 8. The standard InChI is InChI=1S/C14H20N6O2.C13H18N6O2.2C12H16N6O2/c1-19(2)13-16-12(17-14(18-13)20(3)4)15-8-9-5-6-10(21)11(22)7-9;1-14-11-16-12(18-13(17-11)19(2)3)15-7-8-4-5-9(20)10(21)6-8;1-18(2)12-16-10(13)15-11(17-12)14-6-7-3-4-8(19)9(20)5-7;1-14-11-15-10(13)16-12(17-11)18(2)6-7-3-4-8(19)9(20)5-7/h5-7,21-22H,8H2,1-4H3,(H,15,16,17,18);4-6,20-21H,7H2,1-3H3,(H2,14,15,16,17,18);2*3-5,19-20H,6H2,1-2H3,(H3,13,14,15,16,17). The summed E-state index contributed by atoms with van der Waals surface area (Å²) in [6, 6.07) is 18.4. The Labute approximate surface area is 478 Å². The molecule has 0 aliphatic carbocycles. The van der Waals surface area contributed by atoms with Gasteiger partial charge < -0.3 is 103 Å². The number of benzene rings is 4. The molecule has 32 heteroatoms. The van der Waals surface area contributed by atoms with Gasteiger partial charge in [0.2, 0.25) is 71.4 Å². The molecule has 0 saturated carbocycles. The lowest BCUT2D eigenvalue weighted by Crippen LogP contribution is -2.20. The van der Waals surface area contributed by atoms with E-state index >= 15 is 0 Å².